The Morgan fingerprint density at radius 1 is 0.793 bits per heavy atom. The second-order valence-corrected chi connectivity index (χ2v) is 7.25. The van der Waals surface area contributed by atoms with E-state index in [9.17, 15) is 4.79 Å². The number of carbonyl (C=O) groups is 1. The highest BCUT2D eigenvalue weighted by atomic mass is 16.1. The van der Waals surface area contributed by atoms with Gasteiger partial charge in [-0.2, -0.15) is 0 Å². The molecule has 7 N–H and O–H groups in total. The van der Waals surface area contributed by atoms with Crippen LogP contribution >= 0.6 is 0 Å². The molecular formula is C23H33N5O. The van der Waals surface area contributed by atoms with E-state index in [0.717, 1.165) is 62.9 Å². The van der Waals surface area contributed by atoms with Gasteiger partial charge in [0.2, 0.25) is 5.91 Å². The summed E-state index contributed by atoms with van der Waals surface area (Å²) in [5.74, 6) is 0.143. The van der Waals surface area contributed by atoms with Crippen LogP contribution in [-0.4, -0.2) is 18.4 Å². The van der Waals surface area contributed by atoms with Gasteiger partial charge in [-0.25, -0.2) is 4.99 Å². The van der Waals surface area contributed by atoms with E-state index < -0.39 is 0 Å². The Morgan fingerprint density at radius 3 is 1.93 bits per heavy atom. The summed E-state index contributed by atoms with van der Waals surface area (Å²) in [5, 5.41) is 2.97. The quantitative estimate of drug-likeness (QED) is 0.249. The molecule has 2 rings (SSSR count). The van der Waals surface area contributed by atoms with Crippen molar-refractivity contribution in [3.05, 3.63) is 59.7 Å². The summed E-state index contributed by atoms with van der Waals surface area (Å²) in [6, 6.07) is 16.0. The fourth-order valence-corrected chi connectivity index (χ4v) is 3.11. The van der Waals surface area contributed by atoms with E-state index in [-0.39, 0.29) is 11.9 Å². The second kappa shape index (κ2) is 12.6. The summed E-state index contributed by atoms with van der Waals surface area (Å²) in [7, 11) is 0. The maximum atomic E-state index is 12.0. The van der Waals surface area contributed by atoms with E-state index in [1.165, 1.54) is 11.1 Å². The molecule has 0 radical (unpaired) electrons. The monoisotopic (exact) mass is 395 g/mol. The van der Waals surface area contributed by atoms with Crippen molar-refractivity contribution in [1.82, 2.24) is 0 Å². The number of guanidine groups is 1. The molecule has 0 heterocycles. The lowest BCUT2D eigenvalue weighted by Crippen LogP contribution is -2.21. The highest BCUT2D eigenvalue weighted by Crippen LogP contribution is 2.16. The third-order valence-electron chi connectivity index (χ3n) is 4.74. The molecule has 0 aromatic heterocycles. The van der Waals surface area contributed by atoms with Gasteiger partial charge in [-0.1, -0.05) is 43.5 Å². The van der Waals surface area contributed by atoms with Crippen molar-refractivity contribution in [2.24, 2.45) is 22.2 Å². The molecule has 0 fully saturated rings. The Hall–Kier alpha value is -2.86. The summed E-state index contributed by atoms with van der Waals surface area (Å²) in [6.45, 7) is 0.752. The van der Waals surface area contributed by atoms with Gasteiger partial charge in [-0.15, -0.1) is 0 Å². The van der Waals surface area contributed by atoms with Crippen LogP contribution in [0.2, 0.25) is 0 Å². The van der Waals surface area contributed by atoms with Crippen LogP contribution in [0.1, 0.15) is 49.7 Å². The van der Waals surface area contributed by atoms with Crippen molar-refractivity contribution < 1.29 is 4.79 Å². The van der Waals surface area contributed by atoms with Crippen LogP contribution in [0.3, 0.4) is 0 Å². The zero-order valence-electron chi connectivity index (χ0n) is 17.1. The van der Waals surface area contributed by atoms with Gasteiger partial charge < -0.3 is 22.5 Å². The first kappa shape index (κ1) is 22.4. The maximum absolute atomic E-state index is 12.0. The average Bonchev–Trinajstić information content (AvgIpc) is 2.71. The molecule has 0 aliphatic heterocycles. The number of carbonyl (C=O) groups excluding carboxylic acids is 1. The topological polar surface area (TPSA) is 120 Å². The number of benzene rings is 2. The molecule has 0 aliphatic rings. The van der Waals surface area contributed by atoms with Crippen molar-refractivity contribution in [2.75, 3.05) is 11.9 Å². The normalized spacial score (nSPS) is 10.5. The summed E-state index contributed by atoms with van der Waals surface area (Å²) in [4.78, 5) is 16.1. The van der Waals surface area contributed by atoms with Crippen molar-refractivity contribution in [1.29, 1.82) is 0 Å². The van der Waals surface area contributed by atoms with Crippen molar-refractivity contribution >= 4 is 23.2 Å². The predicted molar refractivity (Wildman–Crippen MR) is 121 cm³/mol. The summed E-state index contributed by atoms with van der Waals surface area (Å²) < 4.78 is 0. The molecule has 156 valence electrons. The SMILES string of the molecule is NCCCCCCCC(=O)Nc1ccc(CCc2ccc(N=C(N)N)cc2)cc1. The van der Waals surface area contributed by atoms with Crippen LogP contribution in [0.5, 0.6) is 0 Å². The van der Waals surface area contributed by atoms with Crippen LogP contribution in [-0.2, 0) is 17.6 Å². The molecule has 0 spiro atoms. The van der Waals surface area contributed by atoms with Crippen LogP contribution in [0.4, 0.5) is 11.4 Å². The molecule has 6 heteroatoms. The van der Waals surface area contributed by atoms with Gasteiger partial charge in [-0.05, 0) is 67.6 Å². The van der Waals surface area contributed by atoms with Gasteiger partial charge in [0, 0.05) is 12.1 Å². The minimum absolute atomic E-state index is 0.0624. The van der Waals surface area contributed by atoms with Gasteiger partial charge in [-0.3, -0.25) is 4.79 Å². The molecule has 0 aliphatic carbocycles. The number of anilines is 1. The number of hydrogen-bond acceptors (Lipinski definition) is 3. The van der Waals surface area contributed by atoms with Gasteiger partial charge in [0.25, 0.3) is 0 Å². The fourth-order valence-electron chi connectivity index (χ4n) is 3.11. The van der Waals surface area contributed by atoms with Crippen molar-refractivity contribution in [2.45, 2.75) is 51.4 Å². The third kappa shape index (κ3) is 9.25. The molecular weight excluding hydrogens is 362 g/mol. The number of amides is 1. The highest BCUT2D eigenvalue weighted by Gasteiger charge is 2.03. The zero-order chi connectivity index (χ0) is 20.9. The number of aliphatic imine (C=N–C) groups is 1. The Labute approximate surface area is 173 Å². The summed E-state index contributed by atoms with van der Waals surface area (Å²) in [5.41, 5.74) is 20.3. The average molecular weight is 396 g/mol. The van der Waals surface area contributed by atoms with E-state index in [0.29, 0.717) is 6.42 Å². The standard InChI is InChI=1S/C23H33N5O/c24-17-5-3-1-2-4-6-22(29)27-20-13-9-18(10-14-20)7-8-19-11-15-21(16-12-19)28-23(25)26/h9-16H,1-8,17,24H2,(H,27,29)(H4,25,26,28). The maximum Gasteiger partial charge on any atom is 0.224 e. The number of nitrogens with zero attached hydrogens (tertiary/aromatic N) is 1. The van der Waals surface area contributed by atoms with Crippen LogP contribution in [0, 0.1) is 0 Å². The van der Waals surface area contributed by atoms with Crippen molar-refractivity contribution in [3.63, 3.8) is 0 Å². The number of aryl methyl sites for hydroxylation is 2. The molecule has 0 saturated heterocycles. The van der Waals surface area contributed by atoms with Crippen LogP contribution in [0.15, 0.2) is 53.5 Å². The van der Waals surface area contributed by atoms with E-state index >= 15 is 0 Å². The molecule has 6 nitrogen and oxygen atoms in total. The minimum atomic E-state index is 0.0624. The van der Waals surface area contributed by atoms with E-state index in [1.807, 2.05) is 36.4 Å². The first-order valence-corrected chi connectivity index (χ1v) is 10.3. The highest BCUT2D eigenvalue weighted by molar-refractivity contribution is 5.90. The minimum Gasteiger partial charge on any atom is -0.370 e. The molecule has 0 bridgehead atoms. The third-order valence-corrected chi connectivity index (χ3v) is 4.74. The van der Waals surface area contributed by atoms with E-state index in [1.54, 1.807) is 0 Å². The fraction of sp³-hybridized carbons (Fsp3) is 0.391. The zero-order valence-corrected chi connectivity index (χ0v) is 17.1. The molecule has 29 heavy (non-hydrogen) atoms. The molecule has 2 aromatic carbocycles. The van der Waals surface area contributed by atoms with Crippen LogP contribution < -0.4 is 22.5 Å². The lowest BCUT2D eigenvalue weighted by Gasteiger charge is -2.07. The smallest absolute Gasteiger partial charge is 0.224 e. The van der Waals surface area contributed by atoms with Gasteiger partial charge in [0.1, 0.15) is 0 Å². The van der Waals surface area contributed by atoms with Crippen molar-refractivity contribution in [3.8, 4) is 0 Å². The lowest BCUT2D eigenvalue weighted by molar-refractivity contribution is -0.116. The molecule has 2 aromatic rings. The number of rotatable bonds is 12. The van der Waals surface area contributed by atoms with Gasteiger partial charge in [0.15, 0.2) is 5.96 Å². The second-order valence-electron chi connectivity index (χ2n) is 7.25. The lowest BCUT2D eigenvalue weighted by atomic mass is 10.0. The van der Waals surface area contributed by atoms with E-state index in [2.05, 4.69) is 22.4 Å². The predicted octanol–water partition coefficient (Wildman–Crippen LogP) is 3.61. The summed E-state index contributed by atoms with van der Waals surface area (Å²) in [6.07, 6.45) is 7.81. The van der Waals surface area contributed by atoms with Gasteiger partial charge in [0.05, 0.1) is 5.69 Å². The molecule has 0 unspecified atom stereocenters. The summed E-state index contributed by atoms with van der Waals surface area (Å²) >= 11 is 0. The van der Waals surface area contributed by atoms with E-state index in [4.69, 9.17) is 17.2 Å². The Kier molecular flexibility index (Phi) is 9.72. The largest absolute Gasteiger partial charge is 0.370 e. The number of nitrogens with two attached hydrogens (primary N) is 3. The Bertz CT molecular complexity index is 765. The molecule has 0 atom stereocenters. The number of unbranched alkanes of at least 4 members (excludes halogenated alkanes) is 4. The number of nitrogens with one attached hydrogen (secondary N) is 1. The molecule has 0 saturated carbocycles. The Morgan fingerprint density at radius 2 is 1.34 bits per heavy atom. The van der Waals surface area contributed by atoms with Gasteiger partial charge >= 0.3 is 0 Å². The first-order valence-electron chi connectivity index (χ1n) is 10.3. The Balaban J connectivity index is 1.71. The van der Waals surface area contributed by atoms with Crippen LogP contribution in [0.25, 0.3) is 0 Å². The molecule has 1 amide bonds. The first-order chi connectivity index (χ1) is 14.1. The number of hydrogen-bond donors (Lipinski definition) is 4.